The number of methoxy groups -OCH3 is 2. The molecule has 0 spiro atoms. The molecule has 1 aliphatic heterocycles. The topological polar surface area (TPSA) is 59.0 Å². The van der Waals surface area contributed by atoms with Gasteiger partial charge in [0.25, 0.3) is 0 Å². The van der Waals surface area contributed by atoms with Crippen molar-refractivity contribution in [3.8, 4) is 11.5 Å². The van der Waals surface area contributed by atoms with Crippen LogP contribution in [0.3, 0.4) is 0 Å². The van der Waals surface area contributed by atoms with Crippen molar-refractivity contribution >= 4 is 17.1 Å². The summed E-state index contributed by atoms with van der Waals surface area (Å²) in [6, 6.07) is 20.4. The molecule has 39 heavy (non-hydrogen) atoms. The minimum atomic E-state index is -0.906. The zero-order valence-corrected chi connectivity index (χ0v) is 22.7. The summed E-state index contributed by atoms with van der Waals surface area (Å²) in [5.41, 5.74) is 8.31. The fourth-order valence-electron chi connectivity index (χ4n) is 5.98. The molecule has 5 nitrogen and oxygen atoms in total. The van der Waals surface area contributed by atoms with E-state index in [4.69, 9.17) is 9.47 Å². The monoisotopic (exact) mass is 529 g/mol. The van der Waals surface area contributed by atoms with E-state index >= 15 is 0 Å². The second-order valence-electron chi connectivity index (χ2n) is 10.5. The number of hydrogen-bond acceptors (Lipinski definition) is 4. The fourth-order valence-corrected chi connectivity index (χ4v) is 5.98. The summed E-state index contributed by atoms with van der Waals surface area (Å²) < 4.78 is 23.6. The summed E-state index contributed by atoms with van der Waals surface area (Å²) in [5, 5.41) is 9.61. The molecule has 0 aromatic heterocycles. The molecule has 1 heterocycles. The number of rotatable bonds is 10. The Bertz CT molecular complexity index is 1360. The molecule has 2 aliphatic rings. The highest BCUT2D eigenvalue weighted by molar-refractivity contribution is 6.01. The maximum atomic E-state index is 12.5. The van der Waals surface area contributed by atoms with Crippen LogP contribution in [0.2, 0.25) is 0 Å². The summed E-state index contributed by atoms with van der Waals surface area (Å²) >= 11 is 0. The first kappa shape index (κ1) is 26.9. The van der Waals surface area contributed by atoms with Crippen LogP contribution in [0.25, 0.3) is 11.1 Å². The minimum Gasteiger partial charge on any atom is -0.493 e. The Kier molecular flexibility index (Phi) is 8.32. The molecule has 204 valence electrons. The molecule has 0 radical (unpaired) electrons. The Morgan fingerprint density at radius 1 is 0.949 bits per heavy atom. The Hall–Kier alpha value is -3.64. The number of hydrogen-bond donors (Lipinski definition) is 1. The van der Waals surface area contributed by atoms with Gasteiger partial charge in [0, 0.05) is 19.6 Å². The third-order valence-corrected chi connectivity index (χ3v) is 7.94. The van der Waals surface area contributed by atoms with E-state index in [0.717, 1.165) is 73.1 Å². The Morgan fingerprint density at radius 3 is 2.38 bits per heavy atom. The number of ether oxygens (including phenoxy) is 2. The number of aromatic carboxylic acids is 1. The third kappa shape index (κ3) is 5.86. The number of halogens is 1. The van der Waals surface area contributed by atoms with Crippen molar-refractivity contribution in [2.45, 2.75) is 32.1 Å². The summed E-state index contributed by atoms with van der Waals surface area (Å²) in [5.74, 6) is 1.08. The number of carboxylic acids is 1. The van der Waals surface area contributed by atoms with Crippen molar-refractivity contribution in [1.29, 1.82) is 0 Å². The van der Waals surface area contributed by atoms with Gasteiger partial charge in [-0.05, 0) is 101 Å². The van der Waals surface area contributed by atoms with Gasteiger partial charge in [-0.15, -0.1) is 0 Å². The van der Waals surface area contributed by atoms with E-state index in [1.54, 1.807) is 20.3 Å². The lowest BCUT2D eigenvalue weighted by molar-refractivity contribution is 0.0696. The van der Waals surface area contributed by atoms with Gasteiger partial charge >= 0.3 is 5.97 Å². The molecule has 6 heteroatoms. The van der Waals surface area contributed by atoms with Crippen LogP contribution in [0.5, 0.6) is 11.5 Å². The second kappa shape index (κ2) is 12.0. The molecule has 0 saturated carbocycles. The van der Waals surface area contributed by atoms with Crippen LogP contribution >= 0.6 is 0 Å². The lowest BCUT2D eigenvalue weighted by Gasteiger charge is -2.39. The number of aryl methyl sites for hydroxylation is 1. The molecule has 1 N–H and O–H groups in total. The average Bonchev–Trinajstić information content (AvgIpc) is 3.13. The maximum absolute atomic E-state index is 12.5. The first-order valence-corrected chi connectivity index (χ1v) is 13.7. The van der Waals surface area contributed by atoms with Crippen LogP contribution in [-0.2, 0) is 12.8 Å². The zero-order chi connectivity index (χ0) is 27.4. The maximum Gasteiger partial charge on any atom is 0.335 e. The average molecular weight is 530 g/mol. The lowest BCUT2D eigenvalue weighted by atomic mass is 9.86. The van der Waals surface area contributed by atoms with Gasteiger partial charge in [-0.1, -0.05) is 36.4 Å². The Balaban J connectivity index is 1.52. The highest BCUT2D eigenvalue weighted by Gasteiger charge is 2.26. The molecule has 1 aliphatic carbocycles. The number of carbonyl (C=O) groups is 1. The predicted molar refractivity (Wildman–Crippen MR) is 152 cm³/mol. The quantitative estimate of drug-likeness (QED) is 0.324. The van der Waals surface area contributed by atoms with Crippen molar-refractivity contribution < 1.29 is 23.8 Å². The molecule has 3 aromatic rings. The molecule has 0 unspecified atom stereocenters. The predicted octanol–water partition coefficient (Wildman–Crippen LogP) is 6.53. The normalized spacial score (nSPS) is 15.9. The highest BCUT2D eigenvalue weighted by Crippen LogP contribution is 2.42. The van der Waals surface area contributed by atoms with Gasteiger partial charge in [-0.3, -0.25) is 4.39 Å². The number of carboxylic acid groups (broad SMARTS) is 1. The highest BCUT2D eigenvalue weighted by atomic mass is 19.1. The Labute approximate surface area is 229 Å². The smallest absolute Gasteiger partial charge is 0.335 e. The molecule has 0 atom stereocenters. The summed E-state index contributed by atoms with van der Waals surface area (Å²) in [6.07, 6.45) is 4.23. The van der Waals surface area contributed by atoms with E-state index in [0.29, 0.717) is 29.4 Å². The Morgan fingerprint density at radius 2 is 1.69 bits per heavy atom. The van der Waals surface area contributed by atoms with Crippen LogP contribution in [0.15, 0.2) is 60.7 Å². The van der Waals surface area contributed by atoms with Gasteiger partial charge in [0.15, 0.2) is 11.5 Å². The van der Waals surface area contributed by atoms with E-state index in [9.17, 15) is 14.3 Å². The largest absolute Gasteiger partial charge is 0.493 e. The lowest BCUT2D eigenvalue weighted by Crippen LogP contribution is -2.47. The molecule has 3 aromatic carbocycles. The molecular formula is C33H36FNO4. The van der Waals surface area contributed by atoms with E-state index < -0.39 is 5.97 Å². The van der Waals surface area contributed by atoms with E-state index in [2.05, 4.69) is 35.2 Å². The number of benzene rings is 3. The summed E-state index contributed by atoms with van der Waals surface area (Å²) in [6.45, 7) is 2.68. The van der Waals surface area contributed by atoms with Crippen LogP contribution in [-0.4, -0.2) is 56.5 Å². The second-order valence-corrected chi connectivity index (χ2v) is 10.5. The van der Waals surface area contributed by atoms with Crippen molar-refractivity contribution in [1.82, 2.24) is 4.90 Å². The van der Waals surface area contributed by atoms with E-state index in [-0.39, 0.29) is 6.67 Å². The SMILES string of the molecule is COc1ccc(C2=C(c3ccc(CC4CN(CCCF)C4)cc3)c3ccc(C(=O)O)cc3CCC2)cc1OC. The first-order chi connectivity index (χ1) is 19.0. The number of alkyl halides is 1. The van der Waals surface area contributed by atoms with Gasteiger partial charge in [0.1, 0.15) is 0 Å². The number of nitrogens with zero attached hydrogens (tertiary/aromatic N) is 1. The molecule has 0 bridgehead atoms. The number of fused-ring (bicyclic) bond motifs is 1. The standard InChI is InChI=1S/C33H36FNO4/c1-38-30-14-12-26(19-31(30)39-2)28-6-3-5-25-18-27(33(36)37)11-13-29(25)32(28)24-9-7-22(8-10-24)17-23-20-35(21-23)16-4-15-34/h7-14,18-19,23H,3-6,15-17,20-21H2,1-2H3,(H,36,37). The van der Waals surface area contributed by atoms with Gasteiger partial charge in [0.2, 0.25) is 0 Å². The molecule has 1 fully saturated rings. The van der Waals surface area contributed by atoms with Gasteiger partial charge in [-0.25, -0.2) is 4.79 Å². The number of likely N-dealkylation sites (tertiary alicyclic amines) is 1. The van der Waals surface area contributed by atoms with E-state index in [1.165, 1.54) is 11.1 Å². The minimum absolute atomic E-state index is 0.246. The van der Waals surface area contributed by atoms with Gasteiger partial charge in [-0.2, -0.15) is 0 Å². The molecule has 5 rings (SSSR count). The molecule has 0 amide bonds. The summed E-state index contributed by atoms with van der Waals surface area (Å²) in [7, 11) is 3.28. The first-order valence-electron chi connectivity index (χ1n) is 13.7. The van der Waals surface area contributed by atoms with Gasteiger partial charge < -0.3 is 19.5 Å². The van der Waals surface area contributed by atoms with Crippen LogP contribution in [0, 0.1) is 5.92 Å². The fraction of sp³-hybridized carbons (Fsp3) is 0.364. The molecular weight excluding hydrogens is 493 g/mol. The zero-order valence-electron chi connectivity index (χ0n) is 22.7. The van der Waals surface area contributed by atoms with E-state index in [1.807, 2.05) is 24.3 Å². The van der Waals surface area contributed by atoms with Crippen molar-refractivity contribution in [3.05, 3.63) is 94.0 Å². The summed E-state index contributed by atoms with van der Waals surface area (Å²) in [4.78, 5) is 14.0. The van der Waals surface area contributed by atoms with Crippen molar-refractivity contribution in [3.63, 3.8) is 0 Å². The van der Waals surface area contributed by atoms with Crippen LogP contribution < -0.4 is 9.47 Å². The van der Waals surface area contributed by atoms with Crippen LogP contribution in [0.1, 0.15) is 57.4 Å². The van der Waals surface area contributed by atoms with Crippen LogP contribution in [0.4, 0.5) is 4.39 Å². The third-order valence-electron chi connectivity index (χ3n) is 7.94. The van der Waals surface area contributed by atoms with Crippen molar-refractivity contribution in [2.24, 2.45) is 5.92 Å². The number of allylic oxidation sites excluding steroid dienone is 1. The molecule has 1 saturated heterocycles. The van der Waals surface area contributed by atoms with Crippen molar-refractivity contribution in [2.75, 3.05) is 40.5 Å². The van der Waals surface area contributed by atoms with Gasteiger partial charge in [0.05, 0.1) is 26.5 Å².